The van der Waals surface area contributed by atoms with Crippen LogP contribution in [0.5, 0.6) is 5.75 Å². The topological polar surface area (TPSA) is 39.1 Å². The van der Waals surface area contributed by atoms with Crippen LogP contribution in [0.4, 0.5) is 0 Å². The largest absolute Gasteiger partial charge is 0.496 e. The van der Waals surface area contributed by atoms with Gasteiger partial charge in [0.05, 0.1) is 25.7 Å². The van der Waals surface area contributed by atoms with Gasteiger partial charge in [0, 0.05) is 24.3 Å². The summed E-state index contributed by atoms with van der Waals surface area (Å²) in [6.45, 7) is 5.84. The molecule has 2 rings (SSSR count). The number of rotatable bonds is 6. The zero-order chi connectivity index (χ0) is 13.7. The van der Waals surface area contributed by atoms with E-state index in [1.54, 1.807) is 7.11 Å². The van der Waals surface area contributed by atoms with E-state index in [1.165, 1.54) is 0 Å². The van der Waals surface area contributed by atoms with Gasteiger partial charge in [-0.2, -0.15) is 0 Å². The van der Waals surface area contributed by atoms with E-state index in [9.17, 15) is 0 Å². The zero-order valence-corrected chi connectivity index (χ0v) is 11.8. The van der Waals surface area contributed by atoms with Crippen molar-refractivity contribution in [2.75, 3.05) is 7.11 Å². The maximum atomic E-state index is 5.36. The van der Waals surface area contributed by atoms with Crippen molar-refractivity contribution in [2.45, 2.75) is 33.0 Å². The molecule has 0 bridgehead atoms. The SMILES string of the molecule is COc1ccccc1Cn1cnc(CNC(C)C)c1. The minimum Gasteiger partial charge on any atom is -0.496 e. The molecule has 0 aliphatic heterocycles. The lowest BCUT2D eigenvalue weighted by Gasteiger charge is -2.08. The van der Waals surface area contributed by atoms with Crippen LogP contribution in [-0.4, -0.2) is 22.7 Å². The summed E-state index contributed by atoms with van der Waals surface area (Å²) in [5.41, 5.74) is 2.22. The molecule has 1 aromatic carbocycles. The Bertz CT molecular complexity index is 520. The standard InChI is InChI=1S/C15H21N3O/c1-12(2)16-8-14-10-18(11-17-14)9-13-6-4-5-7-15(13)19-3/h4-7,10-12,16H,8-9H2,1-3H3. The number of aromatic nitrogens is 2. The Morgan fingerprint density at radius 3 is 2.84 bits per heavy atom. The van der Waals surface area contributed by atoms with Gasteiger partial charge in [0.2, 0.25) is 0 Å². The summed E-state index contributed by atoms with van der Waals surface area (Å²) in [4.78, 5) is 4.40. The number of nitrogens with zero attached hydrogens (tertiary/aromatic N) is 2. The average molecular weight is 259 g/mol. The fourth-order valence-corrected chi connectivity index (χ4v) is 1.92. The van der Waals surface area contributed by atoms with Gasteiger partial charge in [-0.3, -0.25) is 0 Å². The van der Waals surface area contributed by atoms with Crippen molar-refractivity contribution in [3.05, 3.63) is 48.0 Å². The van der Waals surface area contributed by atoms with Crippen LogP contribution < -0.4 is 10.1 Å². The summed E-state index contributed by atoms with van der Waals surface area (Å²) in [5.74, 6) is 0.915. The molecular formula is C15H21N3O. The molecule has 102 valence electrons. The molecule has 1 heterocycles. The van der Waals surface area contributed by atoms with Gasteiger partial charge in [0.1, 0.15) is 5.75 Å². The van der Waals surface area contributed by atoms with Crippen molar-refractivity contribution in [1.82, 2.24) is 14.9 Å². The fraction of sp³-hybridized carbons (Fsp3) is 0.400. The van der Waals surface area contributed by atoms with Crippen molar-refractivity contribution in [3.8, 4) is 5.75 Å². The van der Waals surface area contributed by atoms with Crippen LogP contribution >= 0.6 is 0 Å². The van der Waals surface area contributed by atoms with E-state index in [0.717, 1.165) is 30.1 Å². The van der Waals surface area contributed by atoms with Gasteiger partial charge in [-0.25, -0.2) is 4.98 Å². The average Bonchev–Trinajstić information content (AvgIpc) is 2.85. The Balaban J connectivity index is 2.03. The summed E-state index contributed by atoms with van der Waals surface area (Å²) in [6, 6.07) is 8.53. The van der Waals surface area contributed by atoms with Crippen LogP contribution in [0.25, 0.3) is 0 Å². The van der Waals surface area contributed by atoms with Crippen LogP contribution in [0, 0.1) is 0 Å². The molecule has 0 spiro atoms. The van der Waals surface area contributed by atoms with Crippen molar-refractivity contribution in [3.63, 3.8) is 0 Å². The highest BCUT2D eigenvalue weighted by atomic mass is 16.5. The molecule has 19 heavy (non-hydrogen) atoms. The molecule has 0 aliphatic rings. The van der Waals surface area contributed by atoms with E-state index in [4.69, 9.17) is 4.74 Å². The second-order valence-electron chi connectivity index (χ2n) is 4.88. The van der Waals surface area contributed by atoms with E-state index in [-0.39, 0.29) is 0 Å². The maximum Gasteiger partial charge on any atom is 0.123 e. The van der Waals surface area contributed by atoms with E-state index in [1.807, 2.05) is 24.5 Å². The number of methoxy groups -OCH3 is 1. The number of imidazole rings is 1. The van der Waals surface area contributed by atoms with Gasteiger partial charge in [0.15, 0.2) is 0 Å². The smallest absolute Gasteiger partial charge is 0.123 e. The molecule has 0 fully saturated rings. The summed E-state index contributed by atoms with van der Waals surface area (Å²) in [5, 5.41) is 3.36. The maximum absolute atomic E-state index is 5.36. The molecule has 0 saturated heterocycles. The van der Waals surface area contributed by atoms with Crippen LogP contribution in [0.3, 0.4) is 0 Å². The Labute approximate surface area is 114 Å². The molecule has 0 radical (unpaired) electrons. The molecular weight excluding hydrogens is 238 g/mol. The molecule has 1 aromatic heterocycles. The van der Waals surface area contributed by atoms with Gasteiger partial charge >= 0.3 is 0 Å². The molecule has 0 atom stereocenters. The third-order valence-electron chi connectivity index (χ3n) is 2.92. The van der Waals surface area contributed by atoms with E-state index >= 15 is 0 Å². The van der Waals surface area contributed by atoms with Crippen molar-refractivity contribution in [1.29, 1.82) is 0 Å². The van der Waals surface area contributed by atoms with Gasteiger partial charge in [-0.15, -0.1) is 0 Å². The molecule has 0 amide bonds. The minimum absolute atomic E-state index is 0.472. The summed E-state index contributed by atoms with van der Waals surface area (Å²) in [7, 11) is 1.70. The number of ether oxygens (including phenoxy) is 1. The first kappa shape index (κ1) is 13.6. The summed E-state index contributed by atoms with van der Waals surface area (Å²) in [6.07, 6.45) is 3.94. The normalized spacial score (nSPS) is 10.9. The molecule has 0 aliphatic carbocycles. The minimum atomic E-state index is 0.472. The summed E-state index contributed by atoms with van der Waals surface area (Å²) >= 11 is 0. The fourth-order valence-electron chi connectivity index (χ4n) is 1.92. The molecule has 4 nitrogen and oxygen atoms in total. The predicted octanol–water partition coefficient (Wildman–Crippen LogP) is 2.44. The number of benzene rings is 1. The lowest BCUT2D eigenvalue weighted by molar-refractivity contribution is 0.408. The number of hydrogen-bond donors (Lipinski definition) is 1. The van der Waals surface area contributed by atoms with Gasteiger partial charge in [-0.1, -0.05) is 32.0 Å². The van der Waals surface area contributed by atoms with Crippen LogP contribution in [0.15, 0.2) is 36.8 Å². The Hall–Kier alpha value is -1.81. The quantitative estimate of drug-likeness (QED) is 0.866. The number of para-hydroxylation sites is 1. The van der Waals surface area contributed by atoms with E-state index < -0.39 is 0 Å². The monoisotopic (exact) mass is 259 g/mol. The highest BCUT2D eigenvalue weighted by Crippen LogP contribution is 2.18. The predicted molar refractivity (Wildman–Crippen MR) is 76.3 cm³/mol. The number of nitrogens with one attached hydrogen (secondary N) is 1. The second kappa shape index (κ2) is 6.38. The summed E-state index contributed by atoms with van der Waals surface area (Å²) < 4.78 is 7.44. The molecule has 2 aromatic rings. The van der Waals surface area contributed by atoms with Crippen LogP contribution in [0.1, 0.15) is 25.1 Å². The Kier molecular flexibility index (Phi) is 4.58. The number of hydrogen-bond acceptors (Lipinski definition) is 3. The molecule has 0 saturated carbocycles. The van der Waals surface area contributed by atoms with Gasteiger partial charge in [-0.05, 0) is 6.07 Å². The molecule has 0 unspecified atom stereocenters. The first-order valence-electron chi connectivity index (χ1n) is 6.55. The first-order valence-corrected chi connectivity index (χ1v) is 6.55. The van der Waals surface area contributed by atoms with Crippen molar-refractivity contribution >= 4 is 0 Å². The lowest BCUT2D eigenvalue weighted by atomic mass is 10.2. The second-order valence-corrected chi connectivity index (χ2v) is 4.88. The van der Waals surface area contributed by atoms with Gasteiger partial charge in [0.25, 0.3) is 0 Å². The first-order chi connectivity index (χ1) is 9.19. The Morgan fingerprint density at radius 2 is 2.11 bits per heavy atom. The third kappa shape index (κ3) is 3.83. The van der Waals surface area contributed by atoms with Crippen LogP contribution in [0.2, 0.25) is 0 Å². The Morgan fingerprint density at radius 1 is 1.32 bits per heavy atom. The van der Waals surface area contributed by atoms with E-state index in [2.05, 4.69) is 41.0 Å². The lowest BCUT2D eigenvalue weighted by Crippen LogP contribution is -2.21. The highest BCUT2D eigenvalue weighted by Gasteiger charge is 2.04. The van der Waals surface area contributed by atoms with Crippen molar-refractivity contribution in [2.24, 2.45) is 0 Å². The molecule has 1 N–H and O–H groups in total. The van der Waals surface area contributed by atoms with Crippen molar-refractivity contribution < 1.29 is 4.74 Å². The van der Waals surface area contributed by atoms with Crippen LogP contribution in [-0.2, 0) is 13.1 Å². The molecule has 4 heteroatoms. The van der Waals surface area contributed by atoms with Gasteiger partial charge < -0.3 is 14.6 Å². The third-order valence-corrected chi connectivity index (χ3v) is 2.92. The zero-order valence-electron chi connectivity index (χ0n) is 11.8. The van der Waals surface area contributed by atoms with E-state index in [0.29, 0.717) is 6.04 Å². The highest BCUT2D eigenvalue weighted by molar-refractivity contribution is 5.33.